The molecule has 0 bridgehead atoms. The summed E-state index contributed by atoms with van der Waals surface area (Å²) in [5, 5.41) is 0. The molecular weight excluding hydrogens is 225 g/mol. The number of methoxy groups -OCH3 is 1. The van der Waals surface area contributed by atoms with Gasteiger partial charge in [-0.05, 0) is 18.6 Å². The van der Waals surface area contributed by atoms with E-state index in [0.29, 0.717) is 18.0 Å². The maximum Gasteiger partial charge on any atom is 0.157 e. The molecule has 1 fully saturated rings. The topological polar surface area (TPSA) is 53.7 Å². The second-order valence-corrected chi connectivity index (χ2v) is 4.00. The van der Waals surface area contributed by atoms with E-state index in [1.807, 2.05) is 0 Å². The van der Waals surface area contributed by atoms with Gasteiger partial charge in [-0.25, -0.2) is 4.39 Å². The van der Waals surface area contributed by atoms with Crippen LogP contribution in [-0.2, 0) is 9.47 Å². The van der Waals surface area contributed by atoms with Crippen LogP contribution in [0.2, 0.25) is 0 Å². The van der Waals surface area contributed by atoms with Crippen molar-refractivity contribution in [3.05, 3.63) is 24.0 Å². The lowest BCUT2D eigenvalue weighted by Crippen LogP contribution is -2.34. The Bertz CT molecular complexity index is 378. The molecule has 1 aliphatic rings. The zero-order valence-corrected chi connectivity index (χ0v) is 9.69. The van der Waals surface area contributed by atoms with Crippen LogP contribution in [0.15, 0.2) is 18.2 Å². The third kappa shape index (κ3) is 3.08. The lowest BCUT2D eigenvalue weighted by atomic mass is 10.1. The maximum absolute atomic E-state index is 13.0. The second-order valence-electron chi connectivity index (χ2n) is 4.00. The Labute approximate surface area is 99.5 Å². The van der Waals surface area contributed by atoms with Crippen LogP contribution in [0.3, 0.4) is 0 Å². The van der Waals surface area contributed by atoms with E-state index < -0.39 is 0 Å². The third-order valence-corrected chi connectivity index (χ3v) is 2.72. The molecule has 0 unspecified atom stereocenters. The van der Waals surface area contributed by atoms with Gasteiger partial charge < -0.3 is 19.9 Å². The number of rotatable bonds is 3. The van der Waals surface area contributed by atoms with E-state index >= 15 is 0 Å². The van der Waals surface area contributed by atoms with Gasteiger partial charge in [0.15, 0.2) is 6.29 Å². The molecule has 5 heteroatoms. The van der Waals surface area contributed by atoms with Gasteiger partial charge in [-0.3, -0.25) is 0 Å². The van der Waals surface area contributed by atoms with Gasteiger partial charge in [0.25, 0.3) is 0 Å². The fourth-order valence-corrected chi connectivity index (χ4v) is 1.77. The quantitative estimate of drug-likeness (QED) is 0.822. The van der Waals surface area contributed by atoms with Gasteiger partial charge in [0.2, 0.25) is 0 Å². The van der Waals surface area contributed by atoms with Crippen LogP contribution in [0.1, 0.15) is 12.8 Å². The van der Waals surface area contributed by atoms with Gasteiger partial charge in [-0.1, -0.05) is 0 Å². The summed E-state index contributed by atoms with van der Waals surface area (Å²) >= 11 is 0. The van der Waals surface area contributed by atoms with Gasteiger partial charge in [-0.2, -0.15) is 0 Å². The average Bonchev–Trinajstić information content (AvgIpc) is 2.35. The molecule has 0 saturated carbocycles. The summed E-state index contributed by atoms with van der Waals surface area (Å²) in [4.78, 5) is 0. The van der Waals surface area contributed by atoms with Crippen molar-refractivity contribution in [1.82, 2.24) is 0 Å². The highest BCUT2D eigenvalue weighted by molar-refractivity contribution is 5.52. The summed E-state index contributed by atoms with van der Waals surface area (Å²) in [6, 6.07) is 4.09. The Balaban J connectivity index is 1.95. The molecule has 1 heterocycles. The van der Waals surface area contributed by atoms with E-state index in [2.05, 4.69) is 0 Å². The number of nitrogens with two attached hydrogens (primary N) is 1. The second kappa shape index (κ2) is 5.33. The molecule has 0 amide bonds. The first-order valence-corrected chi connectivity index (χ1v) is 5.55. The van der Waals surface area contributed by atoms with Crippen molar-refractivity contribution in [2.24, 2.45) is 0 Å². The van der Waals surface area contributed by atoms with E-state index in [1.54, 1.807) is 7.11 Å². The highest BCUT2D eigenvalue weighted by Gasteiger charge is 2.23. The molecule has 1 aromatic rings. The molecule has 0 aliphatic carbocycles. The molecule has 1 saturated heterocycles. The van der Waals surface area contributed by atoms with Crippen LogP contribution in [0.25, 0.3) is 0 Å². The van der Waals surface area contributed by atoms with E-state index in [1.165, 1.54) is 18.2 Å². The smallest absolute Gasteiger partial charge is 0.157 e. The fraction of sp³-hybridized carbons (Fsp3) is 0.500. The SMILES string of the molecule is CO[C@@H]1CC[C@@H](Oc2cc(F)ccc2N)CO1. The van der Waals surface area contributed by atoms with E-state index in [-0.39, 0.29) is 18.2 Å². The first-order valence-electron chi connectivity index (χ1n) is 5.55. The molecule has 0 spiro atoms. The predicted molar refractivity (Wildman–Crippen MR) is 61.2 cm³/mol. The van der Waals surface area contributed by atoms with Crippen LogP contribution in [0, 0.1) is 5.82 Å². The van der Waals surface area contributed by atoms with Gasteiger partial charge in [0.05, 0.1) is 12.3 Å². The first kappa shape index (κ1) is 12.1. The number of hydrogen-bond donors (Lipinski definition) is 1. The summed E-state index contributed by atoms with van der Waals surface area (Å²) in [5.41, 5.74) is 6.13. The van der Waals surface area contributed by atoms with Crippen molar-refractivity contribution in [2.75, 3.05) is 19.5 Å². The standard InChI is InChI=1S/C12H16FNO3/c1-15-12-5-3-9(7-16-12)17-11-6-8(13)2-4-10(11)14/h2,4,6,9,12H,3,5,7,14H2,1H3/t9-,12+/m1/s1. The van der Waals surface area contributed by atoms with Crippen LogP contribution in [-0.4, -0.2) is 26.1 Å². The number of halogens is 1. The summed E-state index contributed by atoms with van der Waals surface area (Å²) in [7, 11) is 1.61. The van der Waals surface area contributed by atoms with Crippen molar-refractivity contribution in [3.63, 3.8) is 0 Å². The number of benzene rings is 1. The minimum absolute atomic E-state index is 0.106. The Morgan fingerprint density at radius 2 is 2.24 bits per heavy atom. The fourth-order valence-electron chi connectivity index (χ4n) is 1.77. The number of anilines is 1. The highest BCUT2D eigenvalue weighted by atomic mass is 19.1. The zero-order chi connectivity index (χ0) is 12.3. The molecule has 94 valence electrons. The lowest BCUT2D eigenvalue weighted by Gasteiger charge is -2.28. The third-order valence-electron chi connectivity index (χ3n) is 2.72. The molecule has 0 aromatic heterocycles. The first-order chi connectivity index (χ1) is 8.19. The Morgan fingerprint density at radius 3 is 2.88 bits per heavy atom. The minimum atomic E-state index is -0.360. The molecule has 17 heavy (non-hydrogen) atoms. The van der Waals surface area contributed by atoms with Crippen molar-refractivity contribution < 1.29 is 18.6 Å². The molecular formula is C12H16FNO3. The monoisotopic (exact) mass is 241 g/mol. The predicted octanol–water partition coefficient (Wildman–Crippen LogP) is 1.94. The van der Waals surface area contributed by atoms with Crippen molar-refractivity contribution >= 4 is 5.69 Å². The van der Waals surface area contributed by atoms with E-state index in [4.69, 9.17) is 19.9 Å². The summed E-state index contributed by atoms with van der Waals surface area (Å²) in [5.74, 6) is 0.00941. The lowest BCUT2D eigenvalue weighted by molar-refractivity contribution is -0.168. The Hall–Kier alpha value is -1.33. The van der Waals surface area contributed by atoms with Gasteiger partial charge in [0, 0.05) is 19.6 Å². The largest absolute Gasteiger partial charge is 0.486 e. The molecule has 0 radical (unpaired) electrons. The molecule has 1 aliphatic heterocycles. The molecule has 2 atom stereocenters. The molecule has 2 rings (SSSR count). The van der Waals surface area contributed by atoms with Crippen molar-refractivity contribution in [3.8, 4) is 5.75 Å². The summed E-state index contributed by atoms with van der Waals surface area (Å²) < 4.78 is 29.1. The Kier molecular flexibility index (Phi) is 3.81. The average molecular weight is 241 g/mol. The van der Waals surface area contributed by atoms with Crippen LogP contribution in [0.5, 0.6) is 5.75 Å². The maximum atomic E-state index is 13.0. The van der Waals surface area contributed by atoms with Crippen LogP contribution >= 0.6 is 0 Å². The van der Waals surface area contributed by atoms with Gasteiger partial charge in [0.1, 0.15) is 17.7 Å². The van der Waals surface area contributed by atoms with Crippen molar-refractivity contribution in [1.29, 1.82) is 0 Å². The summed E-state index contributed by atoms with van der Waals surface area (Å²) in [6.45, 7) is 0.425. The van der Waals surface area contributed by atoms with E-state index in [9.17, 15) is 4.39 Å². The Morgan fingerprint density at radius 1 is 1.41 bits per heavy atom. The van der Waals surface area contributed by atoms with Gasteiger partial charge >= 0.3 is 0 Å². The normalized spacial score (nSPS) is 24.6. The summed E-state index contributed by atoms with van der Waals surface area (Å²) in [6.07, 6.45) is 1.29. The highest BCUT2D eigenvalue weighted by Crippen LogP contribution is 2.26. The number of hydrogen-bond acceptors (Lipinski definition) is 4. The molecule has 2 N–H and O–H groups in total. The van der Waals surface area contributed by atoms with Crippen molar-refractivity contribution in [2.45, 2.75) is 25.2 Å². The van der Waals surface area contributed by atoms with Gasteiger partial charge in [-0.15, -0.1) is 0 Å². The van der Waals surface area contributed by atoms with E-state index in [0.717, 1.165) is 12.8 Å². The molecule has 4 nitrogen and oxygen atoms in total. The number of nitrogen functional groups attached to an aromatic ring is 1. The molecule has 1 aromatic carbocycles. The minimum Gasteiger partial charge on any atom is -0.486 e. The number of ether oxygens (including phenoxy) is 3. The van der Waals surface area contributed by atoms with Crippen LogP contribution in [0.4, 0.5) is 10.1 Å². The van der Waals surface area contributed by atoms with Crippen LogP contribution < -0.4 is 10.5 Å². The zero-order valence-electron chi connectivity index (χ0n) is 9.69.